The van der Waals surface area contributed by atoms with Crippen LogP contribution in [0, 0.1) is 6.92 Å². The summed E-state index contributed by atoms with van der Waals surface area (Å²) in [5, 5.41) is 13.1. The van der Waals surface area contributed by atoms with Gasteiger partial charge in [0.25, 0.3) is 0 Å². The molecule has 1 aromatic heterocycles. The lowest BCUT2D eigenvalue weighted by atomic mass is 10.2. The van der Waals surface area contributed by atoms with E-state index in [2.05, 4.69) is 22.2 Å². The number of benzene rings is 1. The average Bonchev–Trinajstić information content (AvgIpc) is 2.96. The summed E-state index contributed by atoms with van der Waals surface area (Å²) in [5.74, 6) is 1.60. The van der Waals surface area contributed by atoms with Crippen molar-refractivity contribution < 1.29 is 9.84 Å². The third-order valence-electron chi connectivity index (χ3n) is 3.36. The van der Waals surface area contributed by atoms with Crippen molar-refractivity contribution in [2.75, 3.05) is 19.7 Å². The Morgan fingerprint density at radius 3 is 2.73 bits per heavy atom. The van der Waals surface area contributed by atoms with Gasteiger partial charge in [0.1, 0.15) is 24.3 Å². The molecule has 2 rings (SSSR count). The van der Waals surface area contributed by atoms with E-state index in [1.807, 2.05) is 37.4 Å². The van der Waals surface area contributed by atoms with E-state index in [9.17, 15) is 5.11 Å². The van der Waals surface area contributed by atoms with E-state index in [0.717, 1.165) is 42.2 Å². The smallest absolute Gasteiger partial charge is 0.137 e. The number of H-pyrrole nitrogens is 1. The molecule has 0 saturated heterocycles. The fraction of sp³-hybridized carbons (Fsp3) is 0.471. The lowest BCUT2D eigenvalue weighted by Crippen LogP contribution is -2.31. The van der Waals surface area contributed by atoms with Gasteiger partial charge in [0.05, 0.1) is 5.69 Å². The summed E-state index contributed by atoms with van der Waals surface area (Å²) in [6.07, 6.45) is 3.66. The molecule has 5 nitrogen and oxygen atoms in total. The highest BCUT2D eigenvalue weighted by Gasteiger charge is 2.06. The molecule has 3 N–H and O–H groups in total. The summed E-state index contributed by atoms with van der Waals surface area (Å²) < 4.78 is 5.60. The molecule has 1 unspecified atom stereocenters. The number of imidazole rings is 1. The van der Waals surface area contributed by atoms with E-state index in [1.165, 1.54) is 0 Å². The van der Waals surface area contributed by atoms with Crippen molar-refractivity contribution in [3.8, 4) is 17.1 Å². The Morgan fingerprint density at radius 2 is 2.09 bits per heavy atom. The highest BCUT2D eigenvalue weighted by molar-refractivity contribution is 5.56. The normalized spacial score (nSPS) is 12.3. The molecule has 22 heavy (non-hydrogen) atoms. The molecular weight excluding hydrogens is 278 g/mol. The topological polar surface area (TPSA) is 70.2 Å². The Hall–Kier alpha value is -1.85. The second kappa shape index (κ2) is 8.56. The third kappa shape index (κ3) is 5.16. The molecular formula is C17H25N3O2. The largest absolute Gasteiger partial charge is 0.491 e. The van der Waals surface area contributed by atoms with Crippen molar-refractivity contribution in [1.29, 1.82) is 0 Å². The molecule has 0 aliphatic carbocycles. The van der Waals surface area contributed by atoms with Crippen LogP contribution in [0.15, 0.2) is 30.5 Å². The minimum atomic E-state index is -0.496. The van der Waals surface area contributed by atoms with Gasteiger partial charge in [0, 0.05) is 18.3 Å². The number of ether oxygens (including phenoxy) is 1. The molecule has 0 aliphatic heterocycles. The number of nitrogens with one attached hydrogen (secondary N) is 2. The van der Waals surface area contributed by atoms with Crippen molar-refractivity contribution in [2.24, 2.45) is 0 Å². The van der Waals surface area contributed by atoms with Crippen molar-refractivity contribution in [3.63, 3.8) is 0 Å². The molecule has 1 aromatic carbocycles. The molecule has 120 valence electrons. The van der Waals surface area contributed by atoms with E-state index < -0.39 is 6.10 Å². The second-order valence-electron chi connectivity index (χ2n) is 5.44. The predicted molar refractivity (Wildman–Crippen MR) is 88.0 cm³/mol. The first-order valence-electron chi connectivity index (χ1n) is 7.83. The Labute approximate surface area is 131 Å². The van der Waals surface area contributed by atoms with Gasteiger partial charge in [-0.1, -0.05) is 13.3 Å². The van der Waals surface area contributed by atoms with Crippen LogP contribution in [-0.4, -0.2) is 40.9 Å². The maximum absolute atomic E-state index is 9.84. The van der Waals surface area contributed by atoms with Gasteiger partial charge in [-0.2, -0.15) is 0 Å². The first-order chi connectivity index (χ1) is 10.7. The van der Waals surface area contributed by atoms with Crippen LogP contribution in [-0.2, 0) is 0 Å². The fourth-order valence-corrected chi connectivity index (χ4v) is 2.09. The van der Waals surface area contributed by atoms with Gasteiger partial charge in [-0.3, -0.25) is 0 Å². The lowest BCUT2D eigenvalue weighted by Gasteiger charge is -2.13. The zero-order valence-corrected chi connectivity index (χ0v) is 13.3. The van der Waals surface area contributed by atoms with Crippen LogP contribution in [0.4, 0.5) is 0 Å². The summed E-state index contributed by atoms with van der Waals surface area (Å²) in [6, 6.07) is 7.70. The van der Waals surface area contributed by atoms with Gasteiger partial charge in [-0.05, 0) is 44.2 Å². The molecule has 0 bridgehead atoms. The predicted octanol–water partition coefficient (Wildman–Crippen LogP) is 2.51. The number of aliphatic hydroxyl groups excluding tert-OH is 1. The van der Waals surface area contributed by atoms with Crippen molar-refractivity contribution in [3.05, 3.63) is 36.2 Å². The standard InChI is InChI=1S/C17H25N3O2/c1-3-4-9-18-11-15(21)12-22-16-7-5-14(6-8-16)17-19-10-13(2)20-17/h5-8,10,15,18,21H,3-4,9,11-12H2,1-2H3,(H,19,20). The number of hydrogen-bond donors (Lipinski definition) is 3. The van der Waals surface area contributed by atoms with Crippen LogP contribution in [0.5, 0.6) is 5.75 Å². The van der Waals surface area contributed by atoms with Gasteiger partial charge in [-0.25, -0.2) is 4.98 Å². The number of hydrogen-bond acceptors (Lipinski definition) is 4. The van der Waals surface area contributed by atoms with E-state index in [-0.39, 0.29) is 0 Å². The molecule has 0 fully saturated rings. The molecule has 0 radical (unpaired) electrons. The first-order valence-corrected chi connectivity index (χ1v) is 7.83. The molecule has 0 spiro atoms. The van der Waals surface area contributed by atoms with Gasteiger partial charge in [-0.15, -0.1) is 0 Å². The van der Waals surface area contributed by atoms with Crippen molar-refractivity contribution >= 4 is 0 Å². The van der Waals surface area contributed by atoms with Crippen LogP contribution in [0.25, 0.3) is 11.4 Å². The van der Waals surface area contributed by atoms with Crippen LogP contribution in [0.1, 0.15) is 25.5 Å². The van der Waals surface area contributed by atoms with Crippen LogP contribution in [0.2, 0.25) is 0 Å². The first kappa shape index (κ1) is 16.5. The van der Waals surface area contributed by atoms with E-state index >= 15 is 0 Å². The summed E-state index contributed by atoms with van der Waals surface area (Å²) >= 11 is 0. The summed E-state index contributed by atoms with van der Waals surface area (Å²) in [6.45, 7) is 5.88. The Kier molecular flexibility index (Phi) is 6.43. The number of nitrogens with zero attached hydrogens (tertiary/aromatic N) is 1. The molecule has 2 aromatic rings. The van der Waals surface area contributed by atoms with Gasteiger partial charge >= 0.3 is 0 Å². The molecule has 0 aliphatic rings. The van der Waals surface area contributed by atoms with Crippen LogP contribution in [0.3, 0.4) is 0 Å². The molecule has 1 heterocycles. The summed E-state index contributed by atoms with van der Waals surface area (Å²) in [7, 11) is 0. The van der Waals surface area contributed by atoms with Gasteiger partial charge in [0.2, 0.25) is 0 Å². The Bertz CT molecular complexity index is 551. The number of rotatable bonds is 9. The van der Waals surface area contributed by atoms with Crippen LogP contribution >= 0.6 is 0 Å². The zero-order chi connectivity index (χ0) is 15.8. The lowest BCUT2D eigenvalue weighted by molar-refractivity contribution is 0.106. The monoisotopic (exact) mass is 303 g/mol. The maximum atomic E-state index is 9.84. The quantitative estimate of drug-likeness (QED) is 0.623. The van der Waals surface area contributed by atoms with Crippen molar-refractivity contribution in [1.82, 2.24) is 15.3 Å². The number of unbranched alkanes of at least 4 members (excludes halogenated alkanes) is 1. The van der Waals surface area contributed by atoms with E-state index in [0.29, 0.717) is 13.2 Å². The van der Waals surface area contributed by atoms with Crippen molar-refractivity contribution in [2.45, 2.75) is 32.8 Å². The summed E-state index contributed by atoms with van der Waals surface area (Å²) in [4.78, 5) is 7.51. The Morgan fingerprint density at radius 1 is 1.32 bits per heavy atom. The number of aryl methyl sites for hydroxylation is 1. The SMILES string of the molecule is CCCCNCC(O)COc1ccc(-c2nc(C)c[nH]2)cc1. The minimum Gasteiger partial charge on any atom is -0.491 e. The van der Waals surface area contributed by atoms with E-state index in [4.69, 9.17) is 4.74 Å². The highest BCUT2D eigenvalue weighted by Crippen LogP contribution is 2.19. The van der Waals surface area contributed by atoms with Gasteiger partial charge < -0.3 is 20.1 Å². The molecule has 0 amide bonds. The maximum Gasteiger partial charge on any atom is 0.137 e. The van der Waals surface area contributed by atoms with Crippen LogP contribution < -0.4 is 10.1 Å². The fourth-order valence-electron chi connectivity index (χ4n) is 2.09. The van der Waals surface area contributed by atoms with Gasteiger partial charge in [0.15, 0.2) is 0 Å². The highest BCUT2D eigenvalue weighted by atomic mass is 16.5. The average molecular weight is 303 g/mol. The Balaban J connectivity index is 1.76. The number of aromatic amines is 1. The van der Waals surface area contributed by atoms with E-state index in [1.54, 1.807) is 0 Å². The number of aromatic nitrogens is 2. The third-order valence-corrected chi connectivity index (χ3v) is 3.36. The molecule has 5 heteroatoms. The second-order valence-corrected chi connectivity index (χ2v) is 5.44. The summed E-state index contributed by atoms with van der Waals surface area (Å²) in [5.41, 5.74) is 1.98. The zero-order valence-electron chi connectivity index (χ0n) is 13.3. The molecule has 1 atom stereocenters. The minimum absolute atomic E-state index is 0.290. The number of aliphatic hydroxyl groups is 1. The molecule has 0 saturated carbocycles.